The van der Waals surface area contributed by atoms with Gasteiger partial charge in [0.05, 0.1) is 11.3 Å². The van der Waals surface area contributed by atoms with Gasteiger partial charge in [0.1, 0.15) is 17.3 Å². The quantitative estimate of drug-likeness (QED) is 0.411. The lowest BCUT2D eigenvalue weighted by Gasteiger charge is -2.15. The number of carbonyl (C=O) groups excluding carboxylic acids is 2. The molecular weight excluding hydrogens is 440 g/mol. The number of alkyl halides is 3. The minimum Gasteiger partial charge on any atom is -0.406 e. The number of ether oxygens (including phenoxy) is 1. The fraction of sp³-hybridized carbons (Fsp3) is 0.0833. The van der Waals surface area contributed by atoms with E-state index in [0.29, 0.717) is 5.56 Å². The van der Waals surface area contributed by atoms with E-state index in [4.69, 9.17) is 0 Å². The van der Waals surface area contributed by atoms with Crippen LogP contribution in [-0.4, -0.2) is 18.2 Å². The lowest BCUT2D eigenvalue weighted by atomic mass is 10.0. The summed E-state index contributed by atoms with van der Waals surface area (Å²) < 4.78 is 55.1. The highest BCUT2D eigenvalue weighted by Crippen LogP contribution is 2.34. The molecular formula is C24H16F4N2O3. The van der Waals surface area contributed by atoms with Gasteiger partial charge in [-0.2, -0.15) is 0 Å². The summed E-state index contributed by atoms with van der Waals surface area (Å²) >= 11 is 0. The third-order valence-corrected chi connectivity index (χ3v) is 4.85. The van der Waals surface area contributed by atoms with Crippen LogP contribution >= 0.6 is 0 Å². The van der Waals surface area contributed by atoms with Gasteiger partial charge in [-0.15, -0.1) is 13.2 Å². The van der Waals surface area contributed by atoms with Crippen LogP contribution in [0.1, 0.15) is 11.1 Å². The van der Waals surface area contributed by atoms with Crippen molar-refractivity contribution in [3.8, 4) is 5.75 Å². The van der Waals surface area contributed by atoms with E-state index in [1.165, 1.54) is 24.3 Å². The fourth-order valence-corrected chi connectivity index (χ4v) is 3.37. The first-order valence-electron chi connectivity index (χ1n) is 9.71. The standard InChI is InChI=1S/C24H16F4N2O3/c1-14-5-7-15(8-6-14)20-21(29-17-3-2-4-19(13-17)33-24(26,27)28)23(32)30(22(20)31)18-11-9-16(25)10-12-18/h2-13,29H,1H3. The van der Waals surface area contributed by atoms with Crippen molar-refractivity contribution in [3.05, 3.63) is 95.4 Å². The third-order valence-electron chi connectivity index (χ3n) is 4.85. The van der Waals surface area contributed by atoms with E-state index in [9.17, 15) is 27.2 Å². The smallest absolute Gasteiger partial charge is 0.406 e. The fourth-order valence-electron chi connectivity index (χ4n) is 3.37. The minimum atomic E-state index is -4.89. The molecule has 168 valence electrons. The average Bonchev–Trinajstić information content (AvgIpc) is 2.98. The van der Waals surface area contributed by atoms with E-state index in [1.807, 2.05) is 6.92 Å². The SMILES string of the molecule is Cc1ccc(C2=C(Nc3cccc(OC(F)(F)F)c3)C(=O)N(c3ccc(F)cc3)C2=O)cc1. The van der Waals surface area contributed by atoms with Crippen molar-refractivity contribution in [2.24, 2.45) is 0 Å². The summed E-state index contributed by atoms with van der Waals surface area (Å²) in [5.74, 6) is -2.41. The third kappa shape index (κ3) is 4.72. The zero-order chi connectivity index (χ0) is 23.8. The van der Waals surface area contributed by atoms with Crippen LogP contribution in [0.2, 0.25) is 0 Å². The van der Waals surface area contributed by atoms with Crippen molar-refractivity contribution >= 4 is 28.8 Å². The number of nitrogens with one attached hydrogen (secondary N) is 1. The largest absolute Gasteiger partial charge is 0.573 e. The van der Waals surface area contributed by atoms with E-state index in [-0.39, 0.29) is 22.6 Å². The van der Waals surface area contributed by atoms with Gasteiger partial charge in [-0.05, 0) is 48.9 Å². The Morgan fingerprint density at radius 2 is 1.55 bits per heavy atom. The van der Waals surface area contributed by atoms with Gasteiger partial charge < -0.3 is 10.1 Å². The summed E-state index contributed by atoms with van der Waals surface area (Å²) in [4.78, 5) is 27.4. The molecule has 3 aromatic carbocycles. The predicted molar refractivity (Wildman–Crippen MR) is 114 cm³/mol. The van der Waals surface area contributed by atoms with Gasteiger partial charge in [0.2, 0.25) is 0 Å². The zero-order valence-electron chi connectivity index (χ0n) is 17.1. The minimum absolute atomic E-state index is 0.0338. The van der Waals surface area contributed by atoms with Gasteiger partial charge in [0.15, 0.2) is 0 Å². The van der Waals surface area contributed by atoms with E-state index < -0.39 is 29.7 Å². The highest BCUT2D eigenvalue weighted by atomic mass is 19.4. The van der Waals surface area contributed by atoms with Crippen LogP contribution in [0.4, 0.5) is 28.9 Å². The van der Waals surface area contributed by atoms with Crippen LogP contribution in [0.5, 0.6) is 5.75 Å². The molecule has 1 aliphatic rings. The Labute approximate surface area is 185 Å². The number of anilines is 2. The number of amides is 2. The highest BCUT2D eigenvalue weighted by Gasteiger charge is 2.40. The van der Waals surface area contributed by atoms with Crippen LogP contribution in [0.3, 0.4) is 0 Å². The molecule has 4 rings (SSSR count). The van der Waals surface area contributed by atoms with Crippen molar-refractivity contribution in [2.45, 2.75) is 13.3 Å². The molecule has 1 N–H and O–H groups in total. The van der Waals surface area contributed by atoms with Crippen LogP contribution in [0.25, 0.3) is 5.57 Å². The van der Waals surface area contributed by atoms with Crippen molar-refractivity contribution in [2.75, 3.05) is 10.2 Å². The second kappa shape index (κ2) is 8.42. The molecule has 0 radical (unpaired) electrons. The van der Waals surface area contributed by atoms with E-state index in [1.54, 1.807) is 24.3 Å². The first kappa shape index (κ1) is 22.1. The van der Waals surface area contributed by atoms with Crippen molar-refractivity contribution < 1.29 is 31.9 Å². The maximum atomic E-state index is 13.4. The Balaban J connectivity index is 1.76. The summed E-state index contributed by atoms with van der Waals surface area (Å²) in [5, 5.41) is 2.77. The monoisotopic (exact) mass is 456 g/mol. The zero-order valence-corrected chi connectivity index (χ0v) is 17.1. The maximum absolute atomic E-state index is 13.4. The molecule has 0 aromatic heterocycles. The van der Waals surface area contributed by atoms with Crippen molar-refractivity contribution in [1.82, 2.24) is 0 Å². The number of halogens is 4. The summed E-state index contributed by atoms with van der Waals surface area (Å²) in [6.07, 6.45) is -4.89. The van der Waals surface area contributed by atoms with Gasteiger partial charge in [-0.25, -0.2) is 9.29 Å². The van der Waals surface area contributed by atoms with Crippen molar-refractivity contribution in [1.29, 1.82) is 0 Å². The van der Waals surface area contributed by atoms with Crippen LogP contribution in [-0.2, 0) is 9.59 Å². The molecule has 0 saturated heterocycles. The predicted octanol–water partition coefficient (Wildman–Crippen LogP) is 5.43. The van der Waals surface area contributed by atoms with Gasteiger partial charge in [-0.3, -0.25) is 9.59 Å². The molecule has 0 spiro atoms. The highest BCUT2D eigenvalue weighted by molar-refractivity contribution is 6.46. The topological polar surface area (TPSA) is 58.6 Å². The molecule has 3 aromatic rings. The van der Waals surface area contributed by atoms with Crippen LogP contribution in [0.15, 0.2) is 78.5 Å². The molecule has 0 atom stereocenters. The molecule has 33 heavy (non-hydrogen) atoms. The summed E-state index contributed by atoms with van der Waals surface area (Å²) in [5.41, 5.74) is 1.54. The van der Waals surface area contributed by atoms with Gasteiger partial charge in [0.25, 0.3) is 11.8 Å². The molecule has 0 bridgehead atoms. The van der Waals surface area contributed by atoms with E-state index >= 15 is 0 Å². The Bertz CT molecular complexity index is 1250. The molecule has 0 fully saturated rings. The number of hydrogen-bond donors (Lipinski definition) is 1. The first-order valence-corrected chi connectivity index (χ1v) is 9.71. The lowest BCUT2D eigenvalue weighted by molar-refractivity contribution is -0.274. The van der Waals surface area contributed by atoms with Gasteiger partial charge in [-0.1, -0.05) is 35.9 Å². The molecule has 0 aliphatic carbocycles. The Kier molecular flexibility index (Phi) is 5.63. The number of benzene rings is 3. The normalized spacial score (nSPS) is 14.2. The number of aryl methyl sites for hydroxylation is 1. The Morgan fingerprint density at radius 1 is 0.879 bits per heavy atom. The second-order valence-corrected chi connectivity index (χ2v) is 7.24. The molecule has 0 unspecified atom stereocenters. The van der Waals surface area contributed by atoms with E-state index in [0.717, 1.165) is 34.7 Å². The first-order chi connectivity index (χ1) is 15.6. The van der Waals surface area contributed by atoms with Gasteiger partial charge >= 0.3 is 6.36 Å². The molecule has 2 amide bonds. The number of nitrogens with zero attached hydrogens (tertiary/aromatic N) is 1. The number of imide groups is 1. The Hall–Kier alpha value is -4.14. The lowest BCUT2D eigenvalue weighted by Crippen LogP contribution is -2.32. The van der Waals surface area contributed by atoms with Crippen molar-refractivity contribution in [3.63, 3.8) is 0 Å². The molecule has 9 heteroatoms. The molecule has 1 aliphatic heterocycles. The summed E-state index contributed by atoms with van der Waals surface area (Å²) in [6, 6.07) is 16.6. The van der Waals surface area contributed by atoms with Gasteiger partial charge in [0, 0.05) is 11.8 Å². The molecule has 1 heterocycles. The average molecular weight is 456 g/mol. The second-order valence-electron chi connectivity index (χ2n) is 7.24. The van der Waals surface area contributed by atoms with Crippen LogP contribution in [0, 0.1) is 12.7 Å². The Morgan fingerprint density at radius 3 is 2.18 bits per heavy atom. The number of carbonyl (C=O) groups is 2. The summed E-state index contributed by atoms with van der Waals surface area (Å²) in [7, 11) is 0. The summed E-state index contributed by atoms with van der Waals surface area (Å²) in [6.45, 7) is 1.86. The van der Waals surface area contributed by atoms with E-state index in [2.05, 4.69) is 10.1 Å². The maximum Gasteiger partial charge on any atom is 0.573 e. The number of rotatable bonds is 5. The van der Waals surface area contributed by atoms with Crippen LogP contribution < -0.4 is 15.0 Å². The molecule has 0 saturated carbocycles. The molecule has 5 nitrogen and oxygen atoms in total. The number of hydrogen-bond acceptors (Lipinski definition) is 4.